The molecule has 0 saturated heterocycles. The van der Waals surface area contributed by atoms with Gasteiger partial charge in [-0.05, 0) is 19.1 Å². The van der Waals surface area contributed by atoms with Gasteiger partial charge in [0.2, 0.25) is 0 Å². The van der Waals surface area contributed by atoms with Crippen molar-refractivity contribution in [2.24, 2.45) is 0 Å². The standard InChI is InChI=1S/C14H23N3O2/c1-12(18)11-17(2,3)16-14(19)9-10-15-13-7-5-4-6-8-13/h4-8,12,15,18H,9-11H2,1-3H3/p+1. The molecule has 5 nitrogen and oxygen atoms in total. The summed E-state index contributed by atoms with van der Waals surface area (Å²) in [6.45, 7) is 2.78. The summed E-state index contributed by atoms with van der Waals surface area (Å²) in [7, 11) is 3.71. The predicted octanol–water partition coefficient (Wildman–Crippen LogP) is 0.977. The fourth-order valence-corrected chi connectivity index (χ4v) is 1.98. The molecule has 5 heteroatoms. The number of hydrogen-bond donors (Lipinski definition) is 3. The van der Waals surface area contributed by atoms with E-state index in [1.165, 1.54) is 0 Å². The Kier molecular flexibility index (Phi) is 5.79. The van der Waals surface area contributed by atoms with Crippen molar-refractivity contribution in [1.29, 1.82) is 0 Å². The molecule has 0 radical (unpaired) electrons. The second kappa shape index (κ2) is 7.11. The highest BCUT2D eigenvalue weighted by Crippen LogP contribution is 2.04. The van der Waals surface area contributed by atoms with Gasteiger partial charge in [-0.3, -0.25) is 4.79 Å². The summed E-state index contributed by atoms with van der Waals surface area (Å²) in [6.07, 6.45) is -0.0473. The van der Waals surface area contributed by atoms with Gasteiger partial charge >= 0.3 is 0 Å². The van der Waals surface area contributed by atoms with E-state index in [1.807, 2.05) is 44.4 Å². The van der Waals surface area contributed by atoms with Crippen molar-refractivity contribution in [2.45, 2.75) is 19.4 Å². The first kappa shape index (κ1) is 15.5. The molecular weight excluding hydrogens is 242 g/mol. The van der Waals surface area contributed by atoms with Crippen LogP contribution in [0.25, 0.3) is 0 Å². The molecule has 0 aliphatic heterocycles. The van der Waals surface area contributed by atoms with Gasteiger partial charge in [0, 0.05) is 18.7 Å². The van der Waals surface area contributed by atoms with E-state index < -0.39 is 6.10 Å². The van der Waals surface area contributed by atoms with Gasteiger partial charge in [0.25, 0.3) is 5.91 Å². The Hall–Kier alpha value is -1.59. The minimum absolute atomic E-state index is 0.0333. The summed E-state index contributed by atoms with van der Waals surface area (Å²) in [5.74, 6) is -0.0333. The number of para-hydroxylation sites is 1. The van der Waals surface area contributed by atoms with Gasteiger partial charge in [0.1, 0.15) is 12.6 Å². The normalized spacial score (nSPS) is 12.8. The summed E-state index contributed by atoms with van der Waals surface area (Å²) in [5, 5.41) is 12.5. The zero-order valence-electron chi connectivity index (χ0n) is 11.9. The first-order valence-electron chi connectivity index (χ1n) is 6.50. The lowest BCUT2D eigenvalue weighted by Gasteiger charge is -2.30. The third-order valence-corrected chi connectivity index (χ3v) is 2.60. The summed E-state index contributed by atoms with van der Waals surface area (Å²) in [5.41, 5.74) is 3.88. The molecule has 1 unspecified atom stereocenters. The number of hydrogen-bond acceptors (Lipinski definition) is 3. The van der Waals surface area contributed by atoms with E-state index in [9.17, 15) is 9.90 Å². The number of nitrogens with zero attached hydrogens (tertiary/aromatic N) is 1. The summed E-state index contributed by atoms with van der Waals surface area (Å²) in [4.78, 5) is 11.8. The average molecular weight is 266 g/mol. The number of anilines is 1. The van der Waals surface area contributed by atoms with Gasteiger partial charge in [0.15, 0.2) is 0 Å². The van der Waals surface area contributed by atoms with Gasteiger partial charge in [-0.1, -0.05) is 18.2 Å². The Labute approximate surface area is 114 Å². The smallest absolute Gasteiger partial charge is 0.266 e. The molecule has 0 heterocycles. The number of aliphatic hydroxyl groups excluding tert-OH is 1. The number of carbonyl (C=O) groups excluding carboxylic acids is 1. The van der Waals surface area contributed by atoms with E-state index >= 15 is 0 Å². The largest absolute Gasteiger partial charge is 0.387 e. The number of amides is 1. The highest BCUT2D eigenvalue weighted by atomic mass is 16.3. The van der Waals surface area contributed by atoms with Gasteiger partial charge in [-0.15, -0.1) is 0 Å². The molecule has 0 saturated carbocycles. The minimum atomic E-state index is -0.447. The Morgan fingerprint density at radius 1 is 1.32 bits per heavy atom. The monoisotopic (exact) mass is 266 g/mol. The summed E-state index contributed by atoms with van der Waals surface area (Å²) >= 11 is 0. The molecule has 3 N–H and O–H groups in total. The third-order valence-electron chi connectivity index (χ3n) is 2.60. The van der Waals surface area contributed by atoms with Crippen molar-refractivity contribution in [1.82, 2.24) is 5.43 Å². The molecule has 0 bridgehead atoms. The topological polar surface area (TPSA) is 61.4 Å². The van der Waals surface area contributed by atoms with E-state index in [1.54, 1.807) is 6.92 Å². The Bertz CT molecular complexity index is 391. The van der Waals surface area contributed by atoms with Crippen LogP contribution in [0.4, 0.5) is 5.69 Å². The van der Waals surface area contributed by atoms with Gasteiger partial charge in [-0.25, -0.2) is 10.0 Å². The van der Waals surface area contributed by atoms with Crippen LogP contribution in [0, 0.1) is 0 Å². The van der Waals surface area contributed by atoms with Crippen LogP contribution in [0.2, 0.25) is 0 Å². The number of quaternary nitrogens is 1. The van der Waals surface area contributed by atoms with Crippen LogP contribution in [-0.4, -0.2) is 48.9 Å². The van der Waals surface area contributed by atoms with Gasteiger partial charge in [0.05, 0.1) is 14.1 Å². The molecule has 0 spiro atoms. The summed E-state index contributed by atoms with van der Waals surface area (Å²) in [6, 6.07) is 9.78. The molecule has 0 fully saturated rings. The third kappa shape index (κ3) is 6.79. The fourth-order valence-electron chi connectivity index (χ4n) is 1.98. The minimum Gasteiger partial charge on any atom is -0.387 e. The Balaban J connectivity index is 2.28. The first-order chi connectivity index (χ1) is 8.89. The van der Waals surface area contributed by atoms with E-state index in [4.69, 9.17) is 0 Å². The van der Waals surface area contributed by atoms with E-state index in [2.05, 4.69) is 10.7 Å². The second-order valence-corrected chi connectivity index (χ2v) is 5.29. The summed E-state index contributed by atoms with van der Waals surface area (Å²) < 4.78 is 0.280. The predicted molar refractivity (Wildman–Crippen MR) is 76.3 cm³/mol. The molecule has 1 aromatic rings. The zero-order chi connectivity index (χ0) is 14.3. The molecular formula is C14H24N3O2+. The highest BCUT2D eigenvalue weighted by molar-refractivity contribution is 5.75. The number of aliphatic hydroxyl groups is 1. The second-order valence-electron chi connectivity index (χ2n) is 5.29. The number of likely N-dealkylation sites (N-methyl/N-ethyl adjacent to an activating group) is 1. The molecule has 0 aromatic heterocycles. The van der Waals surface area contributed by atoms with E-state index in [0.29, 0.717) is 19.5 Å². The van der Waals surface area contributed by atoms with Crippen molar-refractivity contribution in [3.05, 3.63) is 30.3 Å². The maximum Gasteiger partial charge on any atom is 0.266 e. The van der Waals surface area contributed by atoms with Crippen molar-refractivity contribution in [2.75, 3.05) is 32.5 Å². The Morgan fingerprint density at radius 2 is 1.95 bits per heavy atom. The quantitative estimate of drug-likeness (QED) is 0.509. The zero-order valence-corrected chi connectivity index (χ0v) is 11.9. The van der Waals surface area contributed by atoms with Gasteiger partial charge in [-0.2, -0.15) is 0 Å². The van der Waals surface area contributed by atoms with Gasteiger partial charge < -0.3 is 10.4 Å². The van der Waals surface area contributed by atoms with Crippen LogP contribution in [0.5, 0.6) is 0 Å². The van der Waals surface area contributed by atoms with E-state index in [0.717, 1.165) is 5.69 Å². The molecule has 1 aromatic carbocycles. The van der Waals surface area contributed by atoms with Crippen LogP contribution in [-0.2, 0) is 4.79 Å². The lowest BCUT2D eigenvalue weighted by molar-refractivity contribution is -0.927. The molecule has 1 amide bonds. The maximum atomic E-state index is 11.8. The molecule has 106 valence electrons. The molecule has 19 heavy (non-hydrogen) atoms. The highest BCUT2D eigenvalue weighted by Gasteiger charge is 2.20. The first-order valence-corrected chi connectivity index (χ1v) is 6.50. The number of rotatable bonds is 7. The number of carbonyl (C=O) groups is 1. The van der Waals surface area contributed by atoms with Crippen molar-refractivity contribution in [3.8, 4) is 0 Å². The van der Waals surface area contributed by atoms with Crippen LogP contribution < -0.4 is 10.7 Å². The van der Waals surface area contributed by atoms with Crippen LogP contribution in [0.3, 0.4) is 0 Å². The van der Waals surface area contributed by atoms with Crippen LogP contribution >= 0.6 is 0 Å². The van der Waals surface area contributed by atoms with Crippen molar-refractivity contribution < 1.29 is 14.5 Å². The average Bonchev–Trinajstić information content (AvgIpc) is 2.27. The van der Waals surface area contributed by atoms with E-state index in [-0.39, 0.29) is 10.5 Å². The van der Waals surface area contributed by atoms with Crippen LogP contribution in [0.1, 0.15) is 13.3 Å². The lowest BCUT2D eigenvalue weighted by atomic mass is 10.3. The SMILES string of the molecule is CC(O)C[N+](C)(C)NC(=O)CCNc1ccccc1. The fraction of sp³-hybridized carbons (Fsp3) is 0.500. The van der Waals surface area contributed by atoms with Crippen molar-refractivity contribution >= 4 is 11.6 Å². The number of benzene rings is 1. The molecule has 0 aliphatic carbocycles. The lowest BCUT2D eigenvalue weighted by Crippen LogP contribution is -2.57. The van der Waals surface area contributed by atoms with Crippen LogP contribution in [0.15, 0.2) is 30.3 Å². The number of nitrogens with one attached hydrogen (secondary N) is 2. The maximum absolute atomic E-state index is 11.8. The Morgan fingerprint density at radius 3 is 2.53 bits per heavy atom. The molecule has 1 atom stereocenters. The molecule has 0 aliphatic rings. The van der Waals surface area contributed by atoms with Crippen molar-refractivity contribution in [3.63, 3.8) is 0 Å². The molecule has 1 rings (SSSR count).